The number of ether oxygens (including phenoxy) is 1. The Kier molecular flexibility index (Phi) is 8.32. The van der Waals surface area contributed by atoms with Crippen molar-refractivity contribution >= 4 is 38.9 Å². The molecule has 0 spiro atoms. The van der Waals surface area contributed by atoms with Crippen LogP contribution in [0.3, 0.4) is 0 Å². The van der Waals surface area contributed by atoms with Gasteiger partial charge < -0.3 is 15.0 Å². The maximum Gasteiger partial charge on any atom is 0.266 e. The Balaban J connectivity index is 1.53. The summed E-state index contributed by atoms with van der Waals surface area (Å²) in [5, 5.41) is 4.89. The lowest BCUT2D eigenvalue weighted by Crippen LogP contribution is -2.44. The van der Waals surface area contributed by atoms with Gasteiger partial charge in [0.25, 0.3) is 5.91 Å². The predicted octanol–water partition coefficient (Wildman–Crippen LogP) is 7.50. The van der Waals surface area contributed by atoms with E-state index in [4.69, 9.17) is 16.3 Å². The molecule has 1 fully saturated rings. The first kappa shape index (κ1) is 26.7. The molecule has 0 aliphatic heterocycles. The molecule has 198 valence electrons. The number of hydrogen-bond donors (Lipinski definition) is 1. The molecule has 1 N–H and O–H groups in total. The molecule has 5 nitrogen and oxygen atoms in total. The van der Waals surface area contributed by atoms with E-state index in [1.165, 1.54) is 11.3 Å². The van der Waals surface area contributed by atoms with Crippen molar-refractivity contribution in [1.82, 2.24) is 15.2 Å². The maximum atomic E-state index is 14.2. The Morgan fingerprint density at radius 1 is 1.11 bits per heavy atom. The molecular formula is C31H34ClN3O2S. The highest BCUT2D eigenvalue weighted by Gasteiger charge is 2.32. The number of aromatic nitrogens is 1. The number of amides is 1. The quantitative estimate of drug-likeness (QED) is 0.248. The van der Waals surface area contributed by atoms with Crippen molar-refractivity contribution in [2.75, 3.05) is 13.7 Å². The lowest BCUT2D eigenvalue weighted by molar-refractivity contribution is 0.0604. The minimum Gasteiger partial charge on any atom is -0.494 e. The van der Waals surface area contributed by atoms with Crippen molar-refractivity contribution in [3.8, 4) is 16.9 Å². The Morgan fingerprint density at radius 3 is 2.55 bits per heavy atom. The number of benzene rings is 2. The van der Waals surface area contributed by atoms with E-state index in [1.807, 2.05) is 68.4 Å². The van der Waals surface area contributed by atoms with Gasteiger partial charge in [0.1, 0.15) is 10.6 Å². The topological polar surface area (TPSA) is 54.5 Å². The van der Waals surface area contributed by atoms with Gasteiger partial charge in [-0.1, -0.05) is 41.9 Å². The average Bonchev–Trinajstić information content (AvgIpc) is 3.29. The number of pyridine rings is 1. The van der Waals surface area contributed by atoms with Gasteiger partial charge in [0, 0.05) is 51.7 Å². The van der Waals surface area contributed by atoms with E-state index in [9.17, 15) is 4.79 Å². The number of rotatable bonds is 8. The van der Waals surface area contributed by atoms with Crippen LogP contribution in [0.2, 0.25) is 5.02 Å². The summed E-state index contributed by atoms with van der Waals surface area (Å²) < 4.78 is 7.07. The molecule has 1 amide bonds. The van der Waals surface area contributed by atoms with Gasteiger partial charge in [-0.15, -0.1) is 11.3 Å². The molecule has 0 saturated heterocycles. The first-order chi connectivity index (χ1) is 18.5. The molecule has 7 heteroatoms. The van der Waals surface area contributed by atoms with Crippen LogP contribution in [0.15, 0.2) is 60.8 Å². The summed E-state index contributed by atoms with van der Waals surface area (Å²) >= 11 is 8.28. The number of fused-ring (bicyclic) bond motifs is 1. The monoisotopic (exact) mass is 547 g/mol. The first-order valence-corrected chi connectivity index (χ1v) is 14.5. The summed E-state index contributed by atoms with van der Waals surface area (Å²) in [5.74, 6) is 0.800. The minimum atomic E-state index is -0.00559. The maximum absolute atomic E-state index is 14.2. The van der Waals surface area contributed by atoms with Crippen molar-refractivity contribution in [3.05, 3.63) is 82.0 Å². The fourth-order valence-electron chi connectivity index (χ4n) is 5.33. The molecule has 0 unspecified atom stereocenters. The summed E-state index contributed by atoms with van der Waals surface area (Å²) in [6, 6.07) is 18.9. The Labute approximate surface area is 233 Å². The van der Waals surface area contributed by atoms with Crippen LogP contribution in [0.5, 0.6) is 5.75 Å². The van der Waals surface area contributed by atoms with E-state index in [2.05, 4.69) is 28.5 Å². The average molecular weight is 548 g/mol. The standard InChI is InChI=1S/C31H34ClN3O2S/c1-4-37-27-16-11-21(22-10-9-20(2)34-18-22)17-23(27)19-35(25-14-12-24(33-3)13-15-25)31(36)30-29(32)26-7-5-6-8-28(26)38-30/h5-11,16-18,24-25,33H,4,12-15,19H2,1-3H3. The third kappa shape index (κ3) is 5.58. The molecule has 2 heterocycles. The number of aryl methyl sites for hydroxylation is 1. The molecule has 1 aliphatic carbocycles. The third-order valence-corrected chi connectivity index (χ3v) is 9.14. The van der Waals surface area contributed by atoms with Gasteiger partial charge in [-0.2, -0.15) is 0 Å². The molecule has 2 aromatic carbocycles. The van der Waals surface area contributed by atoms with Crippen LogP contribution in [0.25, 0.3) is 21.2 Å². The Hall–Kier alpha value is -2.93. The highest BCUT2D eigenvalue weighted by molar-refractivity contribution is 7.21. The van der Waals surface area contributed by atoms with Crippen LogP contribution < -0.4 is 10.1 Å². The van der Waals surface area contributed by atoms with E-state index in [0.29, 0.717) is 29.1 Å². The Morgan fingerprint density at radius 2 is 1.87 bits per heavy atom. The fourth-order valence-corrected chi connectivity index (χ4v) is 6.79. The largest absolute Gasteiger partial charge is 0.494 e. The SMILES string of the molecule is CCOc1ccc(-c2ccc(C)nc2)cc1CN(C(=O)c1sc2ccccc2c1Cl)C1CCC(NC)CC1. The number of nitrogens with one attached hydrogen (secondary N) is 1. The number of thiophene rings is 1. The molecule has 0 radical (unpaired) electrons. The van der Waals surface area contributed by atoms with Crippen LogP contribution in [-0.4, -0.2) is 41.5 Å². The number of carbonyl (C=O) groups is 1. The van der Waals surface area contributed by atoms with E-state index >= 15 is 0 Å². The zero-order chi connectivity index (χ0) is 26.6. The van der Waals surface area contributed by atoms with Crippen molar-refractivity contribution in [2.45, 2.75) is 58.2 Å². The molecule has 5 rings (SSSR count). The van der Waals surface area contributed by atoms with Crippen molar-refractivity contribution < 1.29 is 9.53 Å². The van der Waals surface area contributed by atoms with E-state index in [-0.39, 0.29) is 11.9 Å². The number of nitrogens with zero attached hydrogens (tertiary/aromatic N) is 2. The summed E-state index contributed by atoms with van der Waals surface area (Å²) in [6.45, 7) is 4.99. The molecule has 0 atom stereocenters. The minimum absolute atomic E-state index is 0.00559. The summed E-state index contributed by atoms with van der Waals surface area (Å²) in [7, 11) is 2.02. The second-order valence-corrected chi connectivity index (χ2v) is 11.3. The van der Waals surface area contributed by atoms with Crippen molar-refractivity contribution in [1.29, 1.82) is 0 Å². The van der Waals surface area contributed by atoms with Gasteiger partial charge in [0.15, 0.2) is 0 Å². The predicted molar refractivity (Wildman–Crippen MR) is 157 cm³/mol. The number of carbonyl (C=O) groups excluding carboxylic acids is 1. The molecule has 1 aliphatic rings. The van der Waals surface area contributed by atoms with Gasteiger partial charge in [-0.25, -0.2) is 0 Å². The second-order valence-electron chi connectivity index (χ2n) is 9.91. The van der Waals surface area contributed by atoms with E-state index < -0.39 is 0 Å². The van der Waals surface area contributed by atoms with Gasteiger partial charge in [0.05, 0.1) is 11.6 Å². The number of halogens is 1. The molecule has 0 bridgehead atoms. The smallest absolute Gasteiger partial charge is 0.266 e. The first-order valence-electron chi connectivity index (χ1n) is 13.3. The lowest BCUT2D eigenvalue weighted by Gasteiger charge is -2.37. The normalized spacial score (nSPS) is 17.5. The van der Waals surface area contributed by atoms with E-state index in [0.717, 1.165) is 63.9 Å². The molecule has 1 saturated carbocycles. The van der Waals surface area contributed by atoms with Gasteiger partial charge >= 0.3 is 0 Å². The third-order valence-electron chi connectivity index (χ3n) is 7.48. The van der Waals surface area contributed by atoms with Gasteiger partial charge in [0.2, 0.25) is 0 Å². The van der Waals surface area contributed by atoms with Crippen LogP contribution >= 0.6 is 22.9 Å². The summed E-state index contributed by atoms with van der Waals surface area (Å²) in [6.07, 6.45) is 5.88. The lowest BCUT2D eigenvalue weighted by atomic mass is 9.89. The summed E-state index contributed by atoms with van der Waals surface area (Å²) in [4.78, 5) is 21.4. The van der Waals surface area contributed by atoms with Gasteiger partial charge in [-0.05, 0) is 76.4 Å². The van der Waals surface area contributed by atoms with Crippen LogP contribution in [-0.2, 0) is 6.54 Å². The highest BCUT2D eigenvalue weighted by atomic mass is 35.5. The van der Waals surface area contributed by atoms with Crippen molar-refractivity contribution in [3.63, 3.8) is 0 Å². The zero-order valence-corrected chi connectivity index (χ0v) is 23.7. The van der Waals surface area contributed by atoms with Gasteiger partial charge in [-0.3, -0.25) is 9.78 Å². The molecular weight excluding hydrogens is 514 g/mol. The molecule has 38 heavy (non-hydrogen) atoms. The van der Waals surface area contributed by atoms with Crippen LogP contribution in [0, 0.1) is 6.92 Å². The second kappa shape index (κ2) is 11.9. The molecule has 2 aromatic heterocycles. The van der Waals surface area contributed by atoms with E-state index in [1.54, 1.807) is 0 Å². The highest BCUT2D eigenvalue weighted by Crippen LogP contribution is 2.38. The number of hydrogen-bond acceptors (Lipinski definition) is 5. The zero-order valence-electron chi connectivity index (χ0n) is 22.2. The Bertz CT molecular complexity index is 1410. The van der Waals surface area contributed by atoms with Crippen LogP contribution in [0.4, 0.5) is 0 Å². The van der Waals surface area contributed by atoms with Crippen molar-refractivity contribution in [2.24, 2.45) is 0 Å². The summed E-state index contributed by atoms with van der Waals surface area (Å²) in [5.41, 5.74) is 4.07. The molecule has 4 aromatic rings. The van der Waals surface area contributed by atoms with Crippen LogP contribution in [0.1, 0.15) is 53.5 Å². The fraction of sp³-hybridized carbons (Fsp3) is 0.355.